The van der Waals surface area contributed by atoms with E-state index in [2.05, 4.69) is 15.5 Å². The molecule has 0 atom stereocenters. The van der Waals surface area contributed by atoms with E-state index < -0.39 is 0 Å². The number of hydrogen-bond acceptors (Lipinski definition) is 4. The molecule has 0 unspecified atom stereocenters. The van der Waals surface area contributed by atoms with E-state index >= 15 is 0 Å². The first-order chi connectivity index (χ1) is 6.59. The van der Waals surface area contributed by atoms with Gasteiger partial charge in [-0.25, -0.2) is 0 Å². The second-order valence-electron chi connectivity index (χ2n) is 3.48. The van der Waals surface area contributed by atoms with E-state index in [4.69, 9.17) is 27.9 Å². The minimum atomic E-state index is -0.212. The second-order valence-corrected chi connectivity index (χ2v) is 4.22. The van der Waals surface area contributed by atoms with Crippen LogP contribution in [0.4, 0.5) is 0 Å². The Morgan fingerprint density at radius 3 is 2.71 bits per heavy atom. The Kier molecular flexibility index (Phi) is 2.51. The van der Waals surface area contributed by atoms with Crippen molar-refractivity contribution >= 4 is 23.2 Å². The number of ether oxygens (including phenoxy) is 1. The average molecular weight is 234 g/mol. The predicted octanol–water partition coefficient (Wildman–Crippen LogP) is 1.52. The minimum Gasteiger partial charge on any atom is -0.481 e. The van der Waals surface area contributed by atoms with Crippen LogP contribution in [0.2, 0.25) is 10.3 Å². The van der Waals surface area contributed by atoms with Gasteiger partial charge in [-0.15, -0.1) is 10.2 Å². The lowest BCUT2D eigenvalue weighted by atomic mass is 10.0. The van der Waals surface area contributed by atoms with Gasteiger partial charge in [0, 0.05) is 19.2 Å². The molecule has 0 saturated carbocycles. The second kappa shape index (κ2) is 3.53. The average Bonchev–Trinajstić information content (AvgIpc) is 2.09. The minimum absolute atomic E-state index is 0.212. The molecule has 6 heteroatoms. The molecule has 76 valence electrons. The highest BCUT2D eigenvalue weighted by Gasteiger charge is 2.34. The lowest BCUT2D eigenvalue weighted by molar-refractivity contribution is 0.0345. The van der Waals surface area contributed by atoms with Gasteiger partial charge in [0.1, 0.15) is 5.60 Å². The monoisotopic (exact) mass is 233 g/mol. The Hall–Kier alpha value is -0.580. The Bertz CT molecular complexity index is 354. The highest BCUT2D eigenvalue weighted by molar-refractivity contribution is 6.32. The molecule has 0 spiro atoms. The van der Waals surface area contributed by atoms with Crippen molar-refractivity contribution in [3.05, 3.63) is 16.4 Å². The van der Waals surface area contributed by atoms with Crippen LogP contribution in [0, 0.1) is 0 Å². The van der Waals surface area contributed by atoms with Crippen molar-refractivity contribution in [1.29, 1.82) is 0 Å². The normalized spacial score (nSPS) is 18.8. The van der Waals surface area contributed by atoms with Crippen molar-refractivity contribution in [2.75, 3.05) is 13.1 Å². The van der Waals surface area contributed by atoms with Crippen LogP contribution >= 0.6 is 23.2 Å². The topological polar surface area (TPSA) is 47.0 Å². The summed E-state index contributed by atoms with van der Waals surface area (Å²) in [4.78, 5) is 0. The lowest BCUT2D eigenvalue weighted by Crippen LogP contribution is -2.61. The van der Waals surface area contributed by atoms with Crippen molar-refractivity contribution in [2.45, 2.75) is 12.5 Å². The smallest absolute Gasteiger partial charge is 0.193 e. The zero-order valence-electron chi connectivity index (χ0n) is 7.55. The number of rotatable bonds is 2. The van der Waals surface area contributed by atoms with Gasteiger partial charge in [-0.2, -0.15) is 0 Å². The number of nitrogens with one attached hydrogen (secondary N) is 1. The van der Waals surface area contributed by atoms with Gasteiger partial charge < -0.3 is 10.1 Å². The zero-order valence-corrected chi connectivity index (χ0v) is 9.06. The van der Waals surface area contributed by atoms with Crippen LogP contribution < -0.4 is 10.1 Å². The summed E-state index contributed by atoms with van der Waals surface area (Å²) >= 11 is 11.5. The maximum atomic E-state index is 5.81. The van der Waals surface area contributed by atoms with Gasteiger partial charge in [0.25, 0.3) is 0 Å². The number of hydrogen-bond donors (Lipinski definition) is 1. The van der Waals surface area contributed by atoms with E-state index in [0.29, 0.717) is 5.75 Å². The summed E-state index contributed by atoms with van der Waals surface area (Å²) in [6.45, 7) is 3.58. The van der Waals surface area contributed by atoms with Gasteiger partial charge in [-0.05, 0) is 6.92 Å². The van der Waals surface area contributed by atoms with Gasteiger partial charge in [-0.1, -0.05) is 23.2 Å². The number of aromatic nitrogens is 2. The zero-order chi connectivity index (χ0) is 10.2. The Morgan fingerprint density at radius 2 is 2.14 bits per heavy atom. The van der Waals surface area contributed by atoms with E-state index in [-0.39, 0.29) is 15.9 Å². The summed E-state index contributed by atoms with van der Waals surface area (Å²) in [5, 5.41) is 10.9. The van der Waals surface area contributed by atoms with Crippen LogP contribution in [-0.4, -0.2) is 28.9 Å². The molecule has 1 aliphatic heterocycles. The Balaban J connectivity index is 2.19. The van der Waals surface area contributed by atoms with Crippen LogP contribution in [0.5, 0.6) is 5.75 Å². The molecule has 1 aromatic heterocycles. The molecule has 0 aromatic carbocycles. The Morgan fingerprint density at radius 1 is 1.43 bits per heavy atom. The van der Waals surface area contributed by atoms with Gasteiger partial charge in [-0.3, -0.25) is 0 Å². The summed E-state index contributed by atoms with van der Waals surface area (Å²) in [6, 6.07) is 1.57. The highest BCUT2D eigenvalue weighted by Crippen LogP contribution is 2.28. The summed E-state index contributed by atoms with van der Waals surface area (Å²) in [7, 11) is 0. The quantitative estimate of drug-likeness (QED) is 0.842. The molecule has 0 bridgehead atoms. The summed E-state index contributed by atoms with van der Waals surface area (Å²) in [5.74, 6) is 0.482. The van der Waals surface area contributed by atoms with Crippen LogP contribution in [-0.2, 0) is 0 Å². The van der Waals surface area contributed by atoms with Gasteiger partial charge in [0.2, 0.25) is 0 Å². The molecule has 0 radical (unpaired) electrons. The fraction of sp³-hybridized carbons (Fsp3) is 0.500. The lowest BCUT2D eigenvalue weighted by Gasteiger charge is -2.39. The molecule has 14 heavy (non-hydrogen) atoms. The van der Waals surface area contributed by atoms with Gasteiger partial charge >= 0.3 is 0 Å². The first kappa shape index (κ1) is 9.96. The SMILES string of the molecule is CC1(Oc2cc(Cl)nnc2Cl)CNC1. The molecule has 1 aromatic rings. The maximum Gasteiger partial charge on any atom is 0.193 e. The molecule has 1 fully saturated rings. The first-order valence-corrected chi connectivity index (χ1v) is 4.93. The van der Waals surface area contributed by atoms with E-state index in [1.54, 1.807) is 6.07 Å². The summed E-state index contributed by atoms with van der Waals surface area (Å²) in [6.07, 6.45) is 0. The highest BCUT2D eigenvalue weighted by atomic mass is 35.5. The van der Waals surface area contributed by atoms with Crippen molar-refractivity contribution in [1.82, 2.24) is 15.5 Å². The summed E-state index contributed by atoms with van der Waals surface area (Å²) in [5.41, 5.74) is -0.212. The third-order valence-corrected chi connectivity index (χ3v) is 2.49. The van der Waals surface area contributed by atoms with Gasteiger partial charge in [0.05, 0.1) is 0 Å². The van der Waals surface area contributed by atoms with Crippen LogP contribution in [0.25, 0.3) is 0 Å². The van der Waals surface area contributed by atoms with Crippen LogP contribution in [0.15, 0.2) is 6.07 Å². The molecule has 2 rings (SSSR count). The molecule has 1 N–H and O–H groups in total. The molecule has 4 nitrogen and oxygen atoms in total. The van der Waals surface area contributed by atoms with Crippen LogP contribution in [0.1, 0.15) is 6.92 Å². The largest absolute Gasteiger partial charge is 0.481 e. The van der Waals surface area contributed by atoms with Crippen molar-refractivity contribution in [3.8, 4) is 5.75 Å². The van der Waals surface area contributed by atoms with E-state index in [0.717, 1.165) is 13.1 Å². The molecular weight excluding hydrogens is 225 g/mol. The first-order valence-electron chi connectivity index (χ1n) is 4.17. The maximum absolute atomic E-state index is 5.81. The van der Waals surface area contributed by atoms with Crippen molar-refractivity contribution in [2.24, 2.45) is 0 Å². The van der Waals surface area contributed by atoms with E-state index in [1.807, 2.05) is 6.92 Å². The van der Waals surface area contributed by atoms with Crippen molar-refractivity contribution < 1.29 is 4.74 Å². The fourth-order valence-corrected chi connectivity index (χ4v) is 1.49. The Labute approximate surface area is 91.6 Å². The standard InChI is InChI=1S/C8H9Cl2N3O/c1-8(3-11-4-8)14-5-2-6(9)12-13-7(5)10/h2,11H,3-4H2,1H3. The van der Waals surface area contributed by atoms with Crippen LogP contribution in [0.3, 0.4) is 0 Å². The fourth-order valence-electron chi connectivity index (χ4n) is 1.22. The summed E-state index contributed by atoms with van der Waals surface area (Å²) < 4.78 is 5.67. The van der Waals surface area contributed by atoms with E-state index in [1.165, 1.54) is 0 Å². The van der Waals surface area contributed by atoms with Gasteiger partial charge in [0.15, 0.2) is 16.1 Å². The van der Waals surface area contributed by atoms with E-state index in [9.17, 15) is 0 Å². The molecule has 0 aliphatic carbocycles. The van der Waals surface area contributed by atoms with Crippen molar-refractivity contribution in [3.63, 3.8) is 0 Å². The number of halogens is 2. The molecule has 2 heterocycles. The molecule has 0 amide bonds. The predicted molar refractivity (Wildman–Crippen MR) is 54.0 cm³/mol. The molecule has 1 saturated heterocycles. The number of nitrogens with zero attached hydrogens (tertiary/aromatic N) is 2. The third-order valence-electron chi connectivity index (χ3n) is 2.04. The third kappa shape index (κ3) is 1.92. The molecule has 1 aliphatic rings. The molecular formula is C8H9Cl2N3O.